The normalized spacial score (nSPS) is 11.7. The van der Waals surface area contributed by atoms with Crippen LogP contribution in [0.25, 0.3) is 10.8 Å². The van der Waals surface area contributed by atoms with Crippen LogP contribution in [0.2, 0.25) is 0 Å². The van der Waals surface area contributed by atoms with Gasteiger partial charge in [0.1, 0.15) is 18.2 Å². The van der Waals surface area contributed by atoms with Crippen molar-refractivity contribution in [3.05, 3.63) is 77.1 Å². The summed E-state index contributed by atoms with van der Waals surface area (Å²) in [7, 11) is 0. The molecule has 0 unspecified atom stereocenters. The van der Waals surface area contributed by atoms with Crippen LogP contribution in [0, 0.1) is 11.2 Å². The predicted octanol–water partition coefficient (Wildman–Crippen LogP) is 7.15. The average Bonchev–Trinajstić information content (AvgIpc) is 2.78. The first kappa shape index (κ1) is 24.4. The third-order valence-electron chi connectivity index (χ3n) is 6.06. The molecule has 0 aliphatic heterocycles. The molecule has 4 nitrogen and oxygen atoms in total. The Hall–Kier alpha value is -3.21. The third kappa shape index (κ3) is 5.78. The summed E-state index contributed by atoms with van der Waals surface area (Å²) in [6.07, 6.45) is 0.860. The highest BCUT2D eigenvalue weighted by Crippen LogP contribution is 2.34. The van der Waals surface area contributed by atoms with Crippen molar-refractivity contribution in [3.8, 4) is 5.75 Å². The highest BCUT2D eigenvalue weighted by atomic mass is 19.1. The van der Waals surface area contributed by atoms with Gasteiger partial charge in [-0.15, -0.1) is 0 Å². The smallest absolute Gasteiger partial charge is 0.309 e. The van der Waals surface area contributed by atoms with Crippen LogP contribution < -0.4 is 4.74 Å². The zero-order valence-corrected chi connectivity index (χ0v) is 19.7. The van der Waals surface area contributed by atoms with Crippen molar-refractivity contribution < 1.29 is 23.8 Å². The zero-order valence-electron chi connectivity index (χ0n) is 19.7. The molecule has 3 rings (SSSR count). The van der Waals surface area contributed by atoms with Gasteiger partial charge in [-0.05, 0) is 49.8 Å². The minimum atomic E-state index is -0.920. The number of fused-ring (bicyclic) bond motifs is 1. The van der Waals surface area contributed by atoms with Crippen LogP contribution in [0.3, 0.4) is 0 Å². The molecule has 0 spiro atoms. The Morgan fingerprint density at radius 3 is 2.27 bits per heavy atom. The molecule has 0 bridgehead atoms. The number of hydrogen-bond donors (Lipinski definition) is 1. The Morgan fingerprint density at radius 2 is 1.67 bits per heavy atom. The fourth-order valence-electron chi connectivity index (χ4n) is 3.75. The quantitative estimate of drug-likeness (QED) is 0.333. The van der Waals surface area contributed by atoms with Gasteiger partial charge in [0.2, 0.25) is 0 Å². The molecule has 3 aromatic carbocycles. The maximum Gasteiger partial charge on any atom is 0.309 e. The first-order valence-electron chi connectivity index (χ1n) is 11.3. The maximum atomic E-state index is 14.8. The number of ether oxygens (including phenoxy) is 1. The van der Waals surface area contributed by atoms with Gasteiger partial charge in [-0.1, -0.05) is 62.4 Å². The van der Waals surface area contributed by atoms with Gasteiger partial charge in [-0.2, -0.15) is 0 Å². The molecular weight excluding hydrogens is 419 g/mol. The first-order chi connectivity index (χ1) is 15.6. The van der Waals surface area contributed by atoms with Crippen molar-refractivity contribution in [2.45, 2.75) is 59.5 Å². The van der Waals surface area contributed by atoms with E-state index in [9.17, 15) is 19.1 Å². The lowest BCUT2D eigenvalue weighted by Crippen LogP contribution is -2.23. The minimum absolute atomic E-state index is 0.119. The van der Waals surface area contributed by atoms with Crippen LogP contribution >= 0.6 is 0 Å². The summed E-state index contributed by atoms with van der Waals surface area (Å²) in [6.45, 7) is 7.78. The zero-order chi connectivity index (χ0) is 24.2. The molecule has 0 saturated heterocycles. The molecule has 33 heavy (non-hydrogen) atoms. The maximum absolute atomic E-state index is 14.8. The highest BCUT2D eigenvalue weighted by Gasteiger charge is 2.27. The van der Waals surface area contributed by atoms with E-state index in [4.69, 9.17) is 4.74 Å². The van der Waals surface area contributed by atoms with Crippen molar-refractivity contribution in [2.24, 2.45) is 5.41 Å². The summed E-state index contributed by atoms with van der Waals surface area (Å²) in [4.78, 5) is 24.4. The van der Waals surface area contributed by atoms with Crippen LogP contribution in [0.1, 0.15) is 74.4 Å². The van der Waals surface area contributed by atoms with Gasteiger partial charge in [0, 0.05) is 17.2 Å². The van der Waals surface area contributed by atoms with Crippen LogP contribution in [0.15, 0.2) is 54.6 Å². The topological polar surface area (TPSA) is 63.6 Å². The third-order valence-corrected chi connectivity index (χ3v) is 6.06. The molecule has 1 N–H and O–H groups in total. The lowest BCUT2D eigenvalue weighted by atomic mass is 9.86. The summed E-state index contributed by atoms with van der Waals surface area (Å²) in [6, 6.07) is 16.3. The minimum Gasteiger partial charge on any atom is -0.487 e. The molecule has 3 aromatic rings. The number of ketones is 1. The number of Topliss-reactive ketones (excluding diaryl/α,β-unsaturated/α-hetero) is 1. The van der Waals surface area contributed by atoms with Crippen molar-refractivity contribution in [1.29, 1.82) is 0 Å². The molecule has 0 aliphatic rings. The number of rotatable bonds is 10. The van der Waals surface area contributed by atoms with Gasteiger partial charge in [0.25, 0.3) is 0 Å². The number of carboxylic acids is 1. The SMILES string of the molecule is CC(C)c1ccc(COc2c(C(=O)CCCC(C)(C)C(=O)O)cc(F)c3ccccc23)cc1. The fraction of sp³-hybridized carbons (Fsp3) is 0.357. The molecule has 0 radical (unpaired) electrons. The van der Waals surface area contributed by atoms with E-state index in [0.29, 0.717) is 35.3 Å². The molecule has 0 amide bonds. The van der Waals surface area contributed by atoms with E-state index in [1.54, 1.807) is 38.1 Å². The van der Waals surface area contributed by atoms with Gasteiger partial charge in [0.05, 0.1) is 11.0 Å². The van der Waals surface area contributed by atoms with Gasteiger partial charge < -0.3 is 9.84 Å². The van der Waals surface area contributed by atoms with E-state index in [1.165, 1.54) is 11.6 Å². The molecule has 0 aromatic heterocycles. The lowest BCUT2D eigenvalue weighted by Gasteiger charge is -2.19. The Bertz CT molecular complexity index is 1150. The number of carbonyl (C=O) groups excluding carboxylic acids is 1. The Morgan fingerprint density at radius 1 is 1.03 bits per heavy atom. The number of carbonyl (C=O) groups is 2. The van der Waals surface area contributed by atoms with Crippen LogP contribution in [-0.4, -0.2) is 16.9 Å². The monoisotopic (exact) mass is 450 g/mol. The highest BCUT2D eigenvalue weighted by molar-refractivity contribution is 6.05. The summed E-state index contributed by atoms with van der Waals surface area (Å²) < 4.78 is 20.9. The number of aliphatic carboxylic acids is 1. The van der Waals surface area contributed by atoms with Crippen LogP contribution in [-0.2, 0) is 11.4 Å². The number of hydrogen-bond acceptors (Lipinski definition) is 3. The second-order valence-electron chi connectivity index (χ2n) is 9.43. The fourth-order valence-corrected chi connectivity index (χ4v) is 3.75. The Labute approximate surface area is 194 Å². The standard InChI is InChI=1S/C28H31FO4/c1-18(2)20-13-11-19(12-14-20)17-33-26-22-9-6-5-8-21(22)24(29)16-23(26)25(30)10-7-15-28(3,4)27(31)32/h5-6,8-9,11-14,16,18H,7,10,15,17H2,1-4H3,(H,31,32). The number of halogens is 1. The lowest BCUT2D eigenvalue weighted by molar-refractivity contribution is -0.147. The molecule has 5 heteroatoms. The van der Waals surface area contributed by atoms with Gasteiger partial charge in [-0.25, -0.2) is 4.39 Å². The van der Waals surface area contributed by atoms with Crippen molar-refractivity contribution in [2.75, 3.05) is 0 Å². The summed E-state index contributed by atoms with van der Waals surface area (Å²) in [5.74, 6) is -0.850. The molecule has 0 heterocycles. The second-order valence-corrected chi connectivity index (χ2v) is 9.43. The van der Waals surface area contributed by atoms with E-state index < -0.39 is 17.2 Å². The predicted molar refractivity (Wildman–Crippen MR) is 128 cm³/mol. The Kier molecular flexibility index (Phi) is 7.52. The summed E-state index contributed by atoms with van der Waals surface area (Å²) in [5.41, 5.74) is 1.45. The van der Waals surface area contributed by atoms with Crippen molar-refractivity contribution >= 4 is 22.5 Å². The number of benzene rings is 3. The second kappa shape index (κ2) is 10.2. The van der Waals surface area contributed by atoms with Gasteiger partial charge >= 0.3 is 5.97 Å². The summed E-state index contributed by atoms with van der Waals surface area (Å²) in [5, 5.41) is 10.2. The van der Waals surface area contributed by atoms with E-state index in [1.807, 2.05) is 12.1 Å². The molecular formula is C28H31FO4. The summed E-state index contributed by atoms with van der Waals surface area (Å²) >= 11 is 0. The largest absolute Gasteiger partial charge is 0.487 e. The molecule has 0 fully saturated rings. The molecule has 0 atom stereocenters. The molecule has 0 saturated carbocycles. The number of carboxylic acid groups (broad SMARTS) is 1. The van der Waals surface area contributed by atoms with E-state index in [-0.39, 0.29) is 24.4 Å². The first-order valence-corrected chi connectivity index (χ1v) is 11.3. The van der Waals surface area contributed by atoms with E-state index >= 15 is 0 Å². The van der Waals surface area contributed by atoms with Crippen molar-refractivity contribution in [1.82, 2.24) is 0 Å². The van der Waals surface area contributed by atoms with Crippen LogP contribution in [0.5, 0.6) is 5.75 Å². The Balaban J connectivity index is 1.87. The van der Waals surface area contributed by atoms with Crippen LogP contribution in [0.4, 0.5) is 4.39 Å². The molecule has 174 valence electrons. The van der Waals surface area contributed by atoms with E-state index in [2.05, 4.69) is 26.0 Å². The van der Waals surface area contributed by atoms with Crippen molar-refractivity contribution in [3.63, 3.8) is 0 Å². The van der Waals surface area contributed by atoms with Gasteiger partial charge in [0.15, 0.2) is 5.78 Å². The molecule has 0 aliphatic carbocycles. The van der Waals surface area contributed by atoms with Gasteiger partial charge in [-0.3, -0.25) is 9.59 Å². The average molecular weight is 451 g/mol. The van der Waals surface area contributed by atoms with E-state index in [0.717, 1.165) is 5.56 Å².